The van der Waals surface area contributed by atoms with E-state index >= 15 is 0 Å². The molecule has 0 unspecified atom stereocenters. The highest BCUT2D eigenvalue weighted by Gasteiger charge is 2.10. The van der Waals surface area contributed by atoms with Crippen LogP contribution in [0, 0.1) is 6.92 Å². The highest BCUT2D eigenvalue weighted by atomic mass is 35.5. The molecule has 0 heterocycles. The number of hydrogen-bond acceptors (Lipinski definition) is 3. The molecule has 4 N–H and O–H groups in total. The van der Waals surface area contributed by atoms with Crippen LogP contribution in [0.25, 0.3) is 0 Å². The third kappa shape index (κ3) is 5.59. The van der Waals surface area contributed by atoms with Crippen molar-refractivity contribution in [3.63, 3.8) is 0 Å². The van der Waals surface area contributed by atoms with Crippen LogP contribution in [0.1, 0.15) is 36.2 Å². The lowest BCUT2D eigenvalue weighted by atomic mass is 10.1. The molecule has 0 atom stereocenters. The Morgan fingerprint density at radius 2 is 1.95 bits per heavy atom. The molecule has 0 aliphatic rings. The number of halogens is 1. The van der Waals surface area contributed by atoms with Crippen LogP contribution in [0.2, 0.25) is 0 Å². The van der Waals surface area contributed by atoms with Crippen molar-refractivity contribution in [1.29, 1.82) is 0 Å². The zero-order valence-electron chi connectivity index (χ0n) is 12.0. The molecule has 20 heavy (non-hydrogen) atoms. The summed E-state index contributed by atoms with van der Waals surface area (Å²) in [6, 6.07) is 5.29. The first kappa shape index (κ1) is 18.4. The molecule has 0 aliphatic carbocycles. The maximum atomic E-state index is 11.8. The number of carbonyl (C=O) groups excluding carboxylic acids is 2. The van der Waals surface area contributed by atoms with Gasteiger partial charge in [0.2, 0.25) is 5.91 Å². The molecule has 0 saturated carbocycles. The van der Waals surface area contributed by atoms with Gasteiger partial charge in [-0.05, 0) is 44.5 Å². The van der Waals surface area contributed by atoms with Crippen LogP contribution in [-0.4, -0.2) is 24.4 Å². The smallest absolute Gasteiger partial charge is 0.251 e. The third-order valence-corrected chi connectivity index (χ3v) is 2.55. The number of aryl methyl sites for hydroxylation is 1. The van der Waals surface area contributed by atoms with Gasteiger partial charge in [-0.3, -0.25) is 9.59 Å². The Kier molecular flexibility index (Phi) is 7.87. The van der Waals surface area contributed by atoms with Gasteiger partial charge in [-0.15, -0.1) is 12.4 Å². The Bertz CT molecular complexity index is 475. The van der Waals surface area contributed by atoms with Crippen LogP contribution in [0.3, 0.4) is 0 Å². The number of benzene rings is 1. The van der Waals surface area contributed by atoms with E-state index in [0.717, 1.165) is 5.56 Å². The standard InChI is InChI=1S/C14H21N3O2.ClH/c1-9(2)16-14(19)11-4-5-12(10(3)8-11)17-13(18)6-7-15;/h4-5,8-9H,6-7,15H2,1-3H3,(H,16,19)(H,17,18);1H. The summed E-state index contributed by atoms with van der Waals surface area (Å²) in [7, 11) is 0. The molecular formula is C14H22ClN3O2. The highest BCUT2D eigenvalue weighted by Crippen LogP contribution is 2.16. The van der Waals surface area contributed by atoms with E-state index in [-0.39, 0.29) is 36.7 Å². The average Bonchev–Trinajstić information content (AvgIpc) is 2.31. The summed E-state index contributed by atoms with van der Waals surface area (Å²) in [6.07, 6.45) is 0.287. The zero-order valence-corrected chi connectivity index (χ0v) is 12.8. The number of nitrogens with one attached hydrogen (secondary N) is 2. The first-order valence-corrected chi connectivity index (χ1v) is 6.35. The Morgan fingerprint density at radius 1 is 1.30 bits per heavy atom. The Balaban J connectivity index is 0.00000361. The van der Waals surface area contributed by atoms with Gasteiger partial charge < -0.3 is 16.4 Å². The van der Waals surface area contributed by atoms with Crippen LogP contribution >= 0.6 is 12.4 Å². The molecule has 112 valence electrons. The number of anilines is 1. The predicted octanol–water partition coefficient (Wildman–Crippen LogP) is 1.84. The number of rotatable bonds is 5. The molecule has 1 aromatic rings. The van der Waals surface area contributed by atoms with Crippen molar-refractivity contribution in [3.8, 4) is 0 Å². The van der Waals surface area contributed by atoms with Crippen molar-refractivity contribution >= 4 is 29.9 Å². The molecule has 5 nitrogen and oxygen atoms in total. The molecular weight excluding hydrogens is 278 g/mol. The minimum absolute atomic E-state index is 0. The van der Waals surface area contributed by atoms with Gasteiger partial charge in [-0.25, -0.2) is 0 Å². The first-order valence-electron chi connectivity index (χ1n) is 6.35. The summed E-state index contributed by atoms with van der Waals surface area (Å²) in [6.45, 7) is 5.99. The van der Waals surface area contributed by atoms with E-state index in [1.165, 1.54) is 0 Å². The maximum Gasteiger partial charge on any atom is 0.251 e. The van der Waals surface area contributed by atoms with Gasteiger partial charge in [0.1, 0.15) is 0 Å². The van der Waals surface area contributed by atoms with Crippen molar-refractivity contribution in [3.05, 3.63) is 29.3 Å². The van der Waals surface area contributed by atoms with Crippen LogP contribution < -0.4 is 16.4 Å². The van der Waals surface area contributed by atoms with E-state index in [1.807, 2.05) is 20.8 Å². The lowest BCUT2D eigenvalue weighted by Crippen LogP contribution is -2.30. The topological polar surface area (TPSA) is 84.2 Å². The monoisotopic (exact) mass is 299 g/mol. The Labute approximate surface area is 125 Å². The Morgan fingerprint density at radius 3 is 2.45 bits per heavy atom. The number of carbonyl (C=O) groups is 2. The molecule has 0 aliphatic heterocycles. The fraction of sp³-hybridized carbons (Fsp3) is 0.429. The van der Waals surface area contributed by atoms with Crippen LogP contribution in [0.15, 0.2) is 18.2 Å². The van der Waals surface area contributed by atoms with E-state index in [4.69, 9.17) is 5.73 Å². The minimum Gasteiger partial charge on any atom is -0.350 e. The zero-order chi connectivity index (χ0) is 14.4. The number of amides is 2. The number of hydrogen-bond donors (Lipinski definition) is 3. The lowest BCUT2D eigenvalue weighted by Gasteiger charge is -2.11. The van der Waals surface area contributed by atoms with E-state index in [9.17, 15) is 9.59 Å². The van der Waals surface area contributed by atoms with Crippen molar-refractivity contribution in [2.24, 2.45) is 5.73 Å². The molecule has 0 radical (unpaired) electrons. The van der Waals surface area contributed by atoms with Gasteiger partial charge in [0.25, 0.3) is 5.91 Å². The average molecular weight is 300 g/mol. The molecule has 0 spiro atoms. The lowest BCUT2D eigenvalue weighted by molar-refractivity contribution is -0.116. The maximum absolute atomic E-state index is 11.8. The molecule has 1 aromatic carbocycles. The van der Waals surface area contributed by atoms with Gasteiger partial charge >= 0.3 is 0 Å². The van der Waals surface area contributed by atoms with E-state index in [1.54, 1.807) is 18.2 Å². The van der Waals surface area contributed by atoms with Crippen molar-refractivity contribution < 1.29 is 9.59 Å². The highest BCUT2D eigenvalue weighted by molar-refractivity contribution is 5.96. The van der Waals surface area contributed by atoms with Gasteiger partial charge in [-0.2, -0.15) is 0 Å². The van der Waals surface area contributed by atoms with E-state index < -0.39 is 0 Å². The van der Waals surface area contributed by atoms with E-state index in [2.05, 4.69) is 10.6 Å². The van der Waals surface area contributed by atoms with Crippen LogP contribution in [-0.2, 0) is 4.79 Å². The second-order valence-electron chi connectivity index (χ2n) is 4.74. The fourth-order valence-corrected chi connectivity index (χ4v) is 1.63. The molecule has 0 fully saturated rings. The SMILES string of the molecule is Cc1cc(C(=O)NC(C)C)ccc1NC(=O)CCN.Cl. The molecule has 0 saturated heterocycles. The quantitative estimate of drug-likeness (QED) is 0.775. The summed E-state index contributed by atoms with van der Waals surface area (Å²) in [5, 5.41) is 5.59. The second kappa shape index (κ2) is 8.55. The summed E-state index contributed by atoms with van der Waals surface area (Å²) in [5.41, 5.74) is 7.46. The van der Waals surface area contributed by atoms with Crippen LogP contribution in [0.5, 0.6) is 0 Å². The first-order chi connectivity index (χ1) is 8.93. The fourth-order valence-electron chi connectivity index (χ4n) is 1.63. The third-order valence-electron chi connectivity index (χ3n) is 2.55. The largest absolute Gasteiger partial charge is 0.350 e. The van der Waals surface area contributed by atoms with Crippen LogP contribution in [0.4, 0.5) is 5.69 Å². The molecule has 0 aromatic heterocycles. The minimum atomic E-state index is -0.120. The van der Waals surface area contributed by atoms with Crippen molar-refractivity contribution in [2.45, 2.75) is 33.2 Å². The predicted molar refractivity (Wildman–Crippen MR) is 83.3 cm³/mol. The summed E-state index contributed by atoms with van der Waals surface area (Å²) in [4.78, 5) is 23.3. The second-order valence-corrected chi connectivity index (χ2v) is 4.74. The molecule has 1 rings (SSSR count). The summed E-state index contributed by atoms with van der Waals surface area (Å²) >= 11 is 0. The summed E-state index contributed by atoms with van der Waals surface area (Å²) < 4.78 is 0. The van der Waals surface area contributed by atoms with Crippen molar-refractivity contribution in [1.82, 2.24) is 5.32 Å². The number of nitrogens with two attached hydrogens (primary N) is 1. The van der Waals surface area contributed by atoms with Gasteiger partial charge in [0, 0.05) is 30.3 Å². The Hall–Kier alpha value is -1.59. The van der Waals surface area contributed by atoms with Gasteiger partial charge in [-0.1, -0.05) is 0 Å². The molecule has 6 heteroatoms. The molecule has 2 amide bonds. The normalized spacial score (nSPS) is 9.85. The van der Waals surface area contributed by atoms with Gasteiger partial charge in [0.15, 0.2) is 0 Å². The van der Waals surface area contributed by atoms with Crippen molar-refractivity contribution in [2.75, 3.05) is 11.9 Å². The van der Waals surface area contributed by atoms with E-state index in [0.29, 0.717) is 17.8 Å². The van der Waals surface area contributed by atoms with Gasteiger partial charge in [0.05, 0.1) is 0 Å². The summed E-state index contributed by atoms with van der Waals surface area (Å²) in [5.74, 6) is -0.233. The molecule has 0 bridgehead atoms.